The van der Waals surface area contributed by atoms with Crippen molar-refractivity contribution in [2.24, 2.45) is 5.73 Å². The molecule has 1 heterocycles. The van der Waals surface area contributed by atoms with Crippen molar-refractivity contribution >= 4 is 17.2 Å². The van der Waals surface area contributed by atoms with Crippen molar-refractivity contribution in [3.8, 4) is 11.6 Å². The van der Waals surface area contributed by atoms with E-state index in [-0.39, 0.29) is 4.99 Å². The van der Waals surface area contributed by atoms with Gasteiger partial charge < -0.3 is 15.2 Å². The molecular formula is C14H14N2O2S. The van der Waals surface area contributed by atoms with Gasteiger partial charge in [-0.2, -0.15) is 0 Å². The Morgan fingerprint density at radius 3 is 2.58 bits per heavy atom. The van der Waals surface area contributed by atoms with Crippen molar-refractivity contribution in [1.29, 1.82) is 0 Å². The molecule has 0 saturated carbocycles. The van der Waals surface area contributed by atoms with Crippen molar-refractivity contribution in [1.82, 2.24) is 4.98 Å². The van der Waals surface area contributed by atoms with Gasteiger partial charge in [0.15, 0.2) is 0 Å². The number of methoxy groups -OCH3 is 1. The molecule has 4 nitrogen and oxygen atoms in total. The SMILES string of the molecule is COc1ccc(COc2cccc(C(N)=S)n2)cc1. The smallest absolute Gasteiger partial charge is 0.214 e. The van der Waals surface area contributed by atoms with E-state index in [1.54, 1.807) is 19.2 Å². The highest BCUT2D eigenvalue weighted by Gasteiger charge is 2.02. The van der Waals surface area contributed by atoms with E-state index in [2.05, 4.69) is 4.98 Å². The van der Waals surface area contributed by atoms with Gasteiger partial charge in [0, 0.05) is 6.07 Å². The van der Waals surface area contributed by atoms with E-state index in [4.69, 9.17) is 27.4 Å². The number of pyridine rings is 1. The maximum Gasteiger partial charge on any atom is 0.214 e. The number of nitrogens with zero attached hydrogens (tertiary/aromatic N) is 1. The lowest BCUT2D eigenvalue weighted by atomic mass is 10.2. The van der Waals surface area contributed by atoms with Gasteiger partial charge in [0.1, 0.15) is 23.0 Å². The largest absolute Gasteiger partial charge is 0.497 e. The monoisotopic (exact) mass is 274 g/mol. The second-order valence-electron chi connectivity index (χ2n) is 3.86. The number of hydrogen-bond acceptors (Lipinski definition) is 4. The summed E-state index contributed by atoms with van der Waals surface area (Å²) in [5.41, 5.74) is 7.11. The molecule has 98 valence electrons. The van der Waals surface area contributed by atoms with Gasteiger partial charge >= 0.3 is 0 Å². The lowest BCUT2D eigenvalue weighted by Crippen LogP contribution is -2.11. The average Bonchev–Trinajstić information content (AvgIpc) is 2.46. The number of thiocarbonyl (C=S) groups is 1. The molecule has 19 heavy (non-hydrogen) atoms. The Kier molecular flexibility index (Phi) is 4.30. The van der Waals surface area contributed by atoms with Crippen LogP contribution in [0.4, 0.5) is 0 Å². The normalized spacial score (nSPS) is 9.95. The van der Waals surface area contributed by atoms with Gasteiger partial charge in [0.2, 0.25) is 5.88 Å². The molecule has 1 aromatic carbocycles. The molecule has 2 aromatic rings. The fourth-order valence-electron chi connectivity index (χ4n) is 1.51. The summed E-state index contributed by atoms with van der Waals surface area (Å²) in [5, 5.41) is 0. The van der Waals surface area contributed by atoms with Crippen molar-refractivity contribution < 1.29 is 9.47 Å². The van der Waals surface area contributed by atoms with Gasteiger partial charge in [-0.05, 0) is 23.8 Å². The molecule has 0 radical (unpaired) electrons. The first kappa shape index (κ1) is 13.3. The molecular weight excluding hydrogens is 260 g/mol. The lowest BCUT2D eigenvalue weighted by molar-refractivity contribution is 0.293. The van der Waals surface area contributed by atoms with Crippen LogP contribution in [0.15, 0.2) is 42.5 Å². The van der Waals surface area contributed by atoms with Crippen LogP contribution in [-0.2, 0) is 6.61 Å². The lowest BCUT2D eigenvalue weighted by Gasteiger charge is -2.07. The average molecular weight is 274 g/mol. The quantitative estimate of drug-likeness (QED) is 0.848. The highest BCUT2D eigenvalue weighted by atomic mass is 32.1. The molecule has 0 bridgehead atoms. The van der Waals surface area contributed by atoms with Crippen LogP contribution in [-0.4, -0.2) is 17.1 Å². The fourth-order valence-corrected chi connectivity index (χ4v) is 1.63. The second kappa shape index (κ2) is 6.15. The Labute approximate surface area is 117 Å². The zero-order chi connectivity index (χ0) is 13.7. The summed E-state index contributed by atoms with van der Waals surface area (Å²) in [6, 6.07) is 13.0. The summed E-state index contributed by atoms with van der Waals surface area (Å²) >= 11 is 4.87. The first-order chi connectivity index (χ1) is 9.19. The van der Waals surface area contributed by atoms with E-state index < -0.39 is 0 Å². The molecule has 0 saturated heterocycles. The topological polar surface area (TPSA) is 57.4 Å². The minimum atomic E-state index is 0.259. The molecule has 0 fully saturated rings. The van der Waals surface area contributed by atoms with Crippen molar-refractivity contribution in [2.75, 3.05) is 7.11 Å². The molecule has 1 aromatic heterocycles. The third-order valence-electron chi connectivity index (χ3n) is 2.52. The van der Waals surface area contributed by atoms with E-state index in [1.807, 2.05) is 30.3 Å². The number of aromatic nitrogens is 1. The fraction of sp³-hybridized carbons (Fsp3) is 0.143. The summed E-state index contributed by atoms with van der Waals surface area (Å²) in [7, 11) is 1.64. The number of hydrogen-bond donors (Lipinski definition) is 1. The van der Waals surface area contributed by atoms with Crippen molar-refractivity contribution in [2.45, 2.75) is 6.61 Å². The zero-order valence-corrected chi connectivity index (χ0v) is 11.3. The second-order valence-corrected chi connectivity index (χ2v) is 4.30. The molecule has 0 amide bonds. The summed E-state index contributed by atoms with van der Waals surface area (Å²) in [4.78, 5) is 4.47. The van der Waals surface area contributed by atoms with E-state index in [0.717, 1.165) is 11.3 Å². The number of rotatable bonds is 5. The molecule has 0 unspecified atom stereocenters. The summed E-state index contributed by atoms with van der Waals surface area (Å²) in [6.07, 6.45) is 0. The predicted molar refractivity (Wildman–Crippen MR) is 77.5 cm³/mol. The molecule has 0 aliphatic carbocycles. The first-order valence-corrected chi connectivity index (χ1v) is 6.12. The minimum absolute atomic E-state index is 0.259. The van der Waals surface area contributed by atoms with E-state index in [1.165, 1.54) is 0 Å². The number of benzene rings is 1. The van der Waals surface area contributed by atoms with Crippen LogP contribution in [0.1, 0.15) is 11.3 Å². The predicted octanol–water partition coefficient (Wildman–Crippen LogP) is 2.30. The Morgan fingerprint density at radius 1 is 1.21 bits per heavy atom. The maximum atomic E-state index is 5.59. The molecule has 0 aliphatic heterocycles. The molecule has 0 atom stereocenters. The Bertz CT molecular complexity index is 570. The molecule has 0 spiro atoms. The molecule has 0 aliphatic rings. The van der Waals surface area contributed by atoms with Crippen LogP contribution in [0.3, 0.4) is 0 Å². The van der Waals surface area contributed by atoms with Crippen molar-refractivity contribution in [3.63, 3.8) is 0 Å². The first-order valence-electron chi connectivity index (χ1n) is 5.71. The van der Waals surface area contributed by atoms with Crippen LogP contribution in [0.2, 0.25) is 0 Å². The van der Waals surface area contributed by atoms with Gasteiger partial charge in [-0.15, -0.1) is 0 Å². The van der Waals surface area contributed by atoms with Crippen LogP contribution in [0.5, 0.6) is 11.6 Å². The number of nitrogens with two attached hydrogens (primary N) is 1. The maximum absolute atomic E-state index is 5.59. The number of ether oxygens (including phenoxy) is 2. The van der Waals surface area contributed by atoms with Gasteiger partial charge in [-0.3, -0.25) is 0 Å². The summed E-state index contributed by atoms with van der Waals surface area (Å²) in [6.45, 7) is 0.428. The third-order valence-corrected chi connectivity index (χ3v) is 2.73. The summed E-state index contributed by atoms with van der Waals surface area (Å²) < 4.78 is 10.7. The molecule has 2 rings (SSSR count). The standard InChI is InChI=1S/C14H14N2O2S/c1-17-11-7-5-10(6-8-11)9-18-13-4-2-3-12(16-13)14(15)19/h2-8H,9H2,1H3,(H2,15,19). The van der Waals surface area contributed by atoms with Crippen LogP contribution < -0.4 is 15.2 Å². The Morgan fingerprint density at radius 2 is 1.95 bits per heavy atom. The Balaban J connectivity index is 2.01. The Hall–Kier alpha value is -2.14. The van der Waals surface area contributed by atoms with E-state index in [9.17, 15) is 0 Å². The third kappa shape index (κ3) is 3.66. The van der Waals surface area contributed by atoms with Gasteiger partial charge in [0.25, 0.3) is 0 Å². The summed E-state index contributed by atoms with van der Waals surface area (Å²) in [5.74, 6) is 1.32. The van der Waals surface area contributed by atoms with Crippen LogP contribution in [0.25, 0.3) is 0 Å². The highest BCUT2D eigenvalue weighted by molar-refractivity contribution is 7.80. The van der Waals surface area contributed by atoms with E-state index in [0.29, 0.717) is 18.2 Å². The minimum Gasteiger partial charge on any atom is -0.497 e. The zero-order valence-electron chi connectivity index (χ0n) is 10.5. The van der Waals surface area contributed by atoms with Gasteiger partial charge in [-0.1, -0.05) is 30.4 Å². The van der Waals surface area contributed by atoms with Crippen LogP contribution >= 0.6 is 12.2 Å². The van der Waals surface area contributed by atoms with E-state index >= 15 is 0 Å². The molecule has 2 N–H and O–H groups in total. The molecule has 5 heteroatoms. The van der Waals surface area contributed by atoms with Crippen molar-refractivity contribution in [3.05, 3.63) is 53.7 Å². The van der Waals surface area contributed by atoms with Crippen LogP contribution in [0, 0.1) is 0 Å². The van der Waals surface area contributed by atoms with Gasteiger partial charge in [0.05, 0.1) is 7.11 Å². The van der Waals surface area contributed by atoms with Gasteiger partial charge in [-0.25, -0.2) is 4.98 Å². The highest BCUT2D eigenvalue weighted by Crippen LogP contribution is 2.14.